The lowest BCUT2D eigenvalue weighted by Crippen LogP contribution is -2.25. The molecule has 3 rings (SSSR count). The number of anilines is 2. The van der Waals surface area contributed by atoms with E-state index in [-0.39, 0.29) is 22.8 Å². The summed E-state index contributed by atoms with van der Waals surface area (Å²) < 4.78 is 5.74. The molecule has 3 aromatic carbocycles. The van der Waals surface area contributed by atoms with E-state index in [9.17, 15) is 9.59 Å². The van der Waals surface area contributed by atoms with Gasteiger partial charge in [-0.15, -0.1) is 11.8 Å². The highest BCUT2D eigenvalue weighted by Crippen LogP contribution is 2.23. The topological polar surface area (TPSA) is 67.4 Å². The molecule has 0 spiro atoms. The zero-order chi connectivity index (χ0) is 20.5. The Balaban J connectivity index is 1.44. The van der Waals surface area contributed by atoms with E-state index in [2.05, 4.69) is 10.6 Å². The number of thioether (sulfide) groups is 1. The average Bonchev–Trinajstić information content (AvgIpc) is 2.75. The van der Waals surface area contributed by atoms with Gasteiger partial charge in [0.05, 0.1) is 11.0 Å². The summed E-state index contributed by atoms with van der Waals surface area (Å²) >= 11 is 1.29. The van der Waals surface area contributed by atoms with Crippen molar-refractivity contribution < 1.29 is 14.3 Å². The first-order valence-corrected chi connectivity index (χ1v) is 10.3. The van der Waals surface area contributed by atoms with E-state index in [0.29, 0.717) is 11.4 Å². The zero-order valence-corrected chi connectivity index (χ0v) is 16.8. The highest BCUT2D eigenvalue weighted by Gasteiger charge is 2.15. The van der Waals surface area contributed by atoms with Gasteiger partial charge in [0.15, 0.2) is 0 Å². The predicted molar refractivity (Wildman–Crippen MR) is 119 cm³/mol. The summed E-state index contributed by atoms with van der Waals surface area (Å²) in [6.45, 7) is 1.78. The van der Waals surface area contributed by atoms with Crippen LogP contribution in [-0.4, -0.2) is 22.8 Å². The smallest absolute Gasteiger partial charge is 0.237 e. The summed E-state index contributed by atoms with van der Waals surface area (Å²) in [6.07, 6.45) is 0. The maximum Gasteiger partial charge on any atom is 0.237 e. The molecule has 2 N–H and O–H groups in total. The van der Waals surface area contributed by atoms with Gasteiger partial charge in [-0.2, -0.15) is 0 Å². The second kappa shape index (κ2) is 10.3. The summed E-state index contributed by atoms with van der Waals surface area (Å²) in [5.41, 5.74) is 1.42. The number of carbonyl (C=O) groups is 2. The summed E-state index contributed by atoms with van der Waals surface area (Å²) in [5, 5.41) is 5.30. The SMILES string of the molecule is C[C@@H](SCC(=O)Nc1ccccc1)C(=O)Nc1ccc(Oc2ccccc2)cc1. The average molecular weight is 407 g/mol. The van der Waals surface area contributed by atoms with Crippen molar-refractivity contribution in [2.24, 2.45) is 0 Å². The molecule has 2 amide bonds. The lowest BCUT2D eigenvalue weighted by atomic mass is 10.3. The van der Waals surface area contributed by atoms with Gasteiger partial charge in [-0.25, -0.2) is 0 Å². The first-order valence-electron chi connectivity index (χ1n) is 9.20. The lowest BCUT2D eigenvalue weighted by molar-refractivity contribution is -0.115. The Bertz CT molecular complexity index is 931. The Morgan fingerprint density at radius 2 is 1.34 bits per heavy atom. The second-order valence-corrected chi connectivity index (χ2v) is 7.63. The molecule has 0 aliphatic heterocycles. The van der Waals surface area contributed by atoms with Crippen LogP contribution in [0.4, 0.5) is 11.4 Å². The van der Waals surface area contributed by atoms with Crippen molar-refractivity contribution in [2.45, 2.75) is 12.2 Å². The van der Waals surface area contributed by atoms with E-state index in [4.69, 9.17) is 4.74 Å². The van der Waals surface area contributed by atoms with Gasteiger partial charge in [0, 0.05) is 11.4 Å². The molecule has 1 atom stereocenters. The molecular weight excluding hydrogens is 384 g/mol. The third kappa shape index (κ3) is 6.69. The van der Waals surface area contributed by atoms with E-state index in [1.807, 2.05) is 60.7 Å². The van der Waals surface area contributed by atoms with Gasteiger partial charge in [0.2, 0.25) is 11.8 Å². The highest BCUT2D eigenvalue weighted by molar-refractivity contribution is 8.01. The molecule has 29 heavy (non-hydrogen) atoms. The van der Waals surface area contributed by atoms with Crippen LogP contribution in [-0.2, 0) is 9.59 Å². The molecule has 0 aromatic heterocycles. The van der Waals surface area contributed by atoms with E-state index < -0.39 is 0 Å². The van der Waals surface area contributed by atoms with Crippen LogP contribution in [0.1, 0.15) is 6.92 Å². The molecule has 6 heteroatoms. The molecule has 0 bridgehead atoms. The number of hydrogen-bond donors (Lipinski definition) is 2. The van der Waals surface area contributed by atoms with Crippen molar-refractivity contribution in [1.82, 2.24) is 0 Å². The standard InChI is InChI=1S/C23H22N2O3S/c1-17(29-16-22(26)24-18-8-4-2-5-9-18)23(27)25-19-12-14-21(15-13-19)28-20-10-6-3-7-11-20/h2-15,17H,16H2,1H3,(H,24,26)(H,25,27)/t17-/m1/s1. The number of nitrogens with one attached hydrogen (secondary N) is 2. The summed E-state index contributed by atoms with van der Waals surface area (Å²) in [5.74, 6) is 1.35. The number of hydrogen-bond acceptors (Lipinski definition) is 4. The monoisotopic (exact) mass is 406 g/mol. The Morgan fingerprint density at radius 3 is 2.00 bits per heavy atom. The molecule has 0 radical (unpaired) electrons. The van der Waals surface area contributed by atoms with E-state index in [0.717, 1.165) is 11.4 Å². The van der Waals surface area contributed by atoms with Crippen LogP contribution in [0, 0.1) is 0 Å². The van der Waals surface area contributed by atoms with Gasteiger partial charge >= 0.3 is 0 Å². The molecule has 0 aliphatic rings. The van der Waals surface area contributed by atoms with Crippen LogP contribution in [0.5, 0.6) is 11.5 Å². The molecule has 0 unspecified atom stereocenters. The molecule has 0 aliphatic carbocycles. The largest absolute Gasteiger partial charge is 0.457 e. The van der Waals surface area contributed by atoms with Gasteiger partial charge in [-0.3, -0.25) is 9.59 Å². The molecule has 5 nitrogen and oxygen atoms in total. The van der Waals surface area contributed by atoms with Gasteiger partial charge in [0.25, 0.3) is 0 Å². The molecular formula is C23H22N2O3S. The van der Waals surface area contributed by atoms with Crippen LogP contribution in [0.15, 0.2) is 84.9 Å². The zero-order valence-electron chi connectivity index (χ0n) is 16.0. The van der Waals surface area contributed by atoms with Crippen molar-refractivity contribution >= 4 is 35.0 Å². The van der Waals surface area contributed by atoms with Crippen LogP contribution in [0.25, 0.3) is 0 Å². The lowest BCUT2D eigenvalue weighted by Gasteiger charge is -2.13. The number of ether oxygens (including phenoxy) is 1. The number of para-hydroxylation sites is 2. The Hall–Kier alpha value is -3.25. The Kier molecular flexibility index (Phi) is 7.30. The third-order valence-electron chi connectivity index (χ3n) is 3.99. The number of benzene rings is 3. The van der Waals surface area contributed by atoms with E-state index in [1.54, 1.807) is 31.2 Å². The van der Waals surface area contributed by atoms with Crippen molar-refractivity contribution in [2.75, 3.05) is 16.4 Å². The first-order chi connectivity index (χ1) is 14.1. The van der Waals surface area contributed by atoms with Crippen molar-refractivity contribution in [3.8, 4) is 11.5 Å². The van der Waals surface area contributed by atoms with Crippen molar-refractivity contribution in [3.05, 3.63) is 84.9 Å². The molecule has 148 valence electrons. The van der Waals surface area contributed by atoms with Gasteiger partial charge < -0.3 is 15.4 Å². The molecule has 0 saturated carbocycles. The quantitative estimate of drug-likeness (QED) is 0.541. The van der Waals surface area contributed by atoms with E-state index in [1.165, 1.54) is 11.8 Å². The summed E-state index contributed by atoms with van der Waals surface area (Å²) in [4.78, 5) is 24.4. The second-order valence-electron chi connectivity index (χ2n) is 6.30. The van der Waals surface area contributed by atoms with Crippen molar-refractivity contribution in [1.29, 1.82) is 0 Å². The van der Waals surface area contributed by atoms with E-state index >= 15 is 0 Å². The van der Waals surface area contributed by atoms with Crippen LogP contribution < -0.4 is 15.4 Å². The number of amides is 2. The normalized spacial score (nSPS) is 11.3. The number of carbonyl (C=O) groups excluding carboxylic acids is 2. The molecule has 0 heterocycles. The van der Waals surface area contributed by atoms with Crippen LogP contribution in [0.2, 0.25) is 0 Å². The minimum absolute atomic E-state index is 0.136. The Labute approximate surface area is 174 Å². The fourth-order valence-electron chi connectivity index (χ4n) is 2.47. The maximum absolute atomic E-state index is 12.4. The fourth-order valence-corrected chi connectivity index (χ4v) is 3.15. The predicted octanol–water partition coefficient (Wildman–Crippen LogP) is 5.18. The third-order valence-corrected chi connectivity index (χ3v) is 5.13. The fraction of sp³-hybridized carbons (Fsp3) is 0.130. The first kappa shape index (κ1) is 20.5. The van der Waals surface area contributed by atoms with Gasteiger partial charge in [-0.1, -0.05) is 36.4 Å². The van der Waals surface area contributed by atoms with Gasteiger partial charge in [0.1, 0.15) is 11.5 Å². The summed E-state index contributed by atoms with van der Waals surface area (Å²) in [7, 11) is 0. The molecule has 0 saturated heterocycles. The molecule has 0 fully saturated rings. The Morgan fingerprint density at radius 1 is 0.793 bits per heavy atom. The minimum Gasteiger partial charge on any atom is -0.457 e. The van der Waals surface area contributed by atoms with Crippen molar-refractivity contribution in [3.63, 3.8) is 0 Å². The van der Waals surface area contributed by atoms with Crippen LogP contribution >= 0.6 is 11.8 Å². The molecule has 3 aromatic rings. The highest BCUT2D eigenvalue weighted by atomic mass is 32.2. The van der Waals surface area contributed by atoms with Crippen LogP contribution in [0.3, 0.4) is 0 Å². The van der Waals surface area contributed by atoms with Gasteiger partial charge in [-0.05, 0) is 55.5 Å². The maximum atomic E-state index is 12.4. The minimum atomic E-state index is -0.364. The summed E-state index contributed by atoms with van der Waals surface area (Å²) in [6, 6.07) is 25.9. The number of rotatable bonds is 8.